The highest BCUT2D eigenvalue weighted by molar-refractivity contribution is 5.97. The molecule has 0 saturated carbocycles. The van der Waals surface area contributed by atoms with Gasteiger partial charge in [-0.1, -0.05) is 6.07 Å². The molecule has 0 aromatic heterocycles. The van der Waals surface area contributed by atoms with E-state index in [1.54, 1.807) is 6.92 Å². The van der Waals surface area contributed by atoms with Crippen LogP contribution in [0.5, 0.6) is 11.5 Å². The monoisotopic (exact) mass is 398 g/mol. The van der Waals surface area contributed by atoms with Crippen LogP contribution in [0.2, 0.25) is 0 Å². The summed E-state index contributed by atoms with van der Waals surface area (Å²) in [4.78, 5) is 35.3. The van der Waals surface area contributed by atoms with E-state index in [1.165, 1.54) is 12.1 Å². The zero-order valence-corrected chi connectivity index (χ0v) is 15.1. The Morgan fingerprint density at radius 1 is 1.21 bits per heavy atom. The predicted molar refractivity (Wildman–Crippen MR) is 93.8 cm³/mol. The molecule has 28 heavy (non-hydrogen) atoms. The molecule has 2 atom stereocenters. The second-order valence-corrected chi connectivity index (χ2v) is 5.72. The number of hydrogen-bond acceptors (Lipinski definition) is 10. The van der Waals surface area contributed by atoms with Gasteiger partial charge in [-0.25, -0.2) is 9.59 Å². The zero-order valence-electron chi connectivity index (χ0n) is 15.1. The molecular weight excluding hydrogens is 376 g/mol. The number of phenolic OH excluding ortho intramolecular Hbond substituents is 2. The fourth-order valence-electron chi connectivity index (χ4n) is 2.10. The van der Waals surface area contributed by atoms with Crippen LogP contribution in [0, 0.1) is 0 Å². The first-order chi connectivity index (χ1) is 13.1. The number of esters is 3. The van der Waals surface area contributed by atoms with Crippen molar-refractivity contribution in [2.45, 2.75) is 31.5 Å². The van der Waals surface area contributed by atoms with Gasteiger partial charge in [0.2, 0.25) is 0 Å². The van der Waals surface area contributed by atoms with Gasteiger partial charge in [0, 0.05) is 18.9 Å². The summed E-state index contributed by atoms with van der Waals surface area (Å²) in [5, 5.41) is 47.7. The van der Waals surface area contributed by atoms with Gasteiger partial charge in [-0.3, -0.25) is 4.79 Å². The van der Waals surface area contributed by atoms with Crippen LogP contribution < -0.4 is 0 Å². The molecule has 0 aliphatic rings. The van der Waals surface area contributed by atoms with E-state index in [1.807, 2.05) is 0 Å². The van der Waals surface area contributed by atoms with Crippen LogP contribution in [0.1, 0.15) is 25.3 Å². The largest absolute Gasteiger partial charge is 0.504 e. The molecule has 0 aliphatic carbocycles. The molecule has 0 saturated heterocycles. The van der Waals surface area contributed by atoms with Crippen molar-refractivity contribution in [1.29, 1.82) is 0 Å². The maximum atomic E-state index is 12.1. The molecule has 10 nitrogen and oxygen atoms in total. The van der Waals surface area contributed by atoms with Crippen LogP contribution in [0.25, 0.3) is 6.08 Å². The maximum absolute atomic E-state index is 12.1. The minimum Gasteiger partial charge on any atom is -0.504 e. The first-order valence-corrected chi connectivity index (χ1v) is 8.27. The van der Waals surface area contributed by atoms with Crippen LogP contribution in [-0.2, 0) is 23.9 Å². The summed E-state index contributed by atoms with van der Waals surface area (Å²) >= 11 is 0. The summed E-state index contributed by atoms with van der Waals surface area (Å²) in [7, 11) is 0. The lowest BCUT2D eigenvalue weighted by atomic mass is 9.91. The lowest BCUT2D eigenvalue weighted by Gasteiger charge is -2.28. The molecule has 0 unspecified atom stereocenters. The summed E-state index contributed by atoms with van der Waals surface area (Å²) in [5.74, 6) is -4.30. The molecule has 1 aromatic carbocycles. The number of aliphatic hydroxyl groups is 3. The van der Waals surface area contributed by atoms with Crippen LogP contribution in [-0.4, -0.2) is 68.4 Å². The maximum Gasteiger partial charge on any atom is 0.348 e. The van der Waals surface area contributed by atoms with E-state index >= 15 is 0 Å². The van der Waals surface area contributed by atoms with Crippen molar-refractivity contribution in [3.8, 4) is 11.5 Å². The molecular formula is C18H22O10. The number of carbonyl (C=O) groups is 3. The van der Waals surface area contributed by atoms with Gasteiger partial charge in [-0.2, -0.15) is 0 Å². The van der Waals surface area contributed by atoms with Gasteiger partial charge in [0.15, 0.2) is 17.1 Å². The highest BCUT2D eigenvalue weighted by Gasteiger charge is 2.45. The van der Waals surface area contributed by atoms with E-state index < -0.39 is 54.8 Å². The highest BCUT2D eigenvalue weighted by atomic mass is 16.6. The number of hydrogen-bond donors (Lipinski definition) is 5. The van der Waals surface area contributed by atoms with Crippen molar-refractivity contribution in [1.82, 2.24) is 0 Å². The Kier molecular flexibility index (Phi) is 8.58. The number of rotatable bonds is 9. The number of phenols is 2. The lowest BCUT2D eigenvalue weighted by molar-refractivity contribution is -0.186. The van der Waals surface area contributed by atoms with Gasteiger partial charge < -0.3 is 35.0 Å². The second kappa shape index (κ2) is 10.4. The Labute approximate surface area is 160 Å². The topological polar surface area (TPSA) is 171 Å². The van der Waals surface area contributed by atoms with Gasteiger partial charge >= 0.3 is 17.9 Å². The molecule has 5 N–H and O–H groups in total. The van der Waals surface area contributed by atoms with Crippen LogP contribution in [0.4, 0.5) is 0 Å². The highest BCUT2D eigenvalue weighted by Crippen LogP contribution is 2.25. The Bertz CT molecular complexity index is 742. The quantitative estimate of drug-likeness (QED) is 0.160. The van der Waals surface area contributed by atoms with Gasteiger partial charge in [0.1, 0.15) is 6.10 Å². The van der Waals surface area contributed by atoms with E-state index in [-0.39, 0.29) is 12.4 Å². The summed E-state index contributed by atoms with van der Waals surface area (Å²) in [6.45, 7) is 0.603. The average Bonchev–Trinajstić information content (AvgIpc) is 2.66. The van der Waals surface area contributed by atoms with Gasteiger partial charge in [-0.05, 0) is 30.7 Å². The van der Waals surface area contributed by atoms with E-state index in [2.05, 4.69) is 9.47 Å². The molecule has 1 aromatic rings. The predicted octanol–water partition coefficient (Wildman–Crippen LogP) is -0.392. The van der Waals surface area contributed by atoms with Crippen LogP contribution in [0.15, 0.2) is 24.3 Å². The van der Waals surface area contributed by atoms with Gasteiger partial charge in [-0.15, -0.1) is 0 Å². The fraction of sp³-hybridized carbons (Fsp3) is 0.389. The SMILES string of the molecule is CCOC(=O)CC[C@](O)(C(=O)OC(=O)/C=C/c1ccc(O)c(O)c1)[C@H](O)CO. The Balaban J connectivity index is 2.82. The lowest BCUT2D eigenvalue weighted by Crippen LogP contribution is -2.53. The number of ether oxygens (including phenoxy) is 2. The average molecular weight is 398 g/mol. The molecule has 154 valence electrons. The summed E-state index contributed by atoms with van der Waals surface area (Å²) < 4.78 is 9.11. The van der Waals surface area contributed by atoms with Crippen molar-refractivity contribution >= 4 is 24.0 Å². The van der Waals surface area contributed by atoms with E-state index in [0.717, 1.165) is 18.2 Å². The Hall–Kier alpha value is -2.95. The minimum absolute atomic E-state index is 0.0698. The molecule has 0 amide bonds. The van der Waals surface area contributed by atoms with Gasteiger partial charge in [0.25, 0.3) is 0 Å². The molecule has 1 rings (SSSR count). The first kappa shape index (κ1) is 23.1. The first-order valence-electron chi connectivity index (χ1n) is 8.27. The standard InChI is InChI=1S/C18H22O10/c1-2-27-15(23)7-8-18(26,14(22)10-19)17(25)28-16(24)6-4-11-3-5-12(20)13(21)9-11/h3-6,9,14,19-22,26H,2,7-8,10H2,1H3/b6-4+/t14-,18-/m1/s1. The third-order valence-corrected chi connectivity index (χ3v) is 3.70. The smallest absolute Gasteiger partial charge is 0.348 e. The Morgan fingerprint density at radius 2 is 1.89 bits per heavy atom. The number of benzene rings is 1. The third kappa shape index (κ3) is 6.34. The van der Waals surface area contributed by atoms with Gasteiger partial charge in [0.05, 0.1) is 13.2 Å². The van der Waals surface area contributed by atoms with Crippen molar-refractivity contribution in [2.24, 2.45) is 0 Å². The minimum atomic E-state index is -2.71. The van der Waals surface area contributed by atoms with Crippen molar-refractivity contribution in [3.63, 3.8) is 0 Å². The number of aromatic hydroxyl groups is 2. The number of carbonyl (C=O) groups excluding carboxylic acids is 3. The Morgan fingerprint density at radius 3 is 2.46 bits per heavy atom. The van der Waals surface area contributed by atoms with E-state index in [0.29, 0.717) is 5.56 Å². The van der Waals surface area contributed by atoms with Crippen molar-refractivity contribution in [2.75, 3.05) is 13.2 Å². The molecule has 0 fully saturated rings. The molecule has 0 radical (unpaired) electrons. The van der Waals surface area contributed by atoms with Crippen molar-refractivity contribution in [3.05, 3.63) is 29.8 Å². The molecule has 0 spiro atoms. The molecule has 0 aliphatic heterocycles. The summed E-state index contributed by atoms with van der Waals surface area (Å²) in [6.07, 6.45) is -1.14. The number of aliphatic hydroxyl groups excluding tert-OH is 2. The van der Waals surface area contributed by atoms with Crippen LogP contribution >= 0.6 is 0 Å². The molecule has 0 heterocycles. The molecule has 0 bridgehead atoms. The third-order valence-electron chi connectivity index (χ3n) is 3.70. The van der Waals surface area contributed by atoms with E-state index in [9.17, 15) is 34.8 Å². The second-order valence-electron chi connectivity index (χ2n) is 5.72. The fourth-order valence-corrected chi connectivity index (χ4v) is 2.10. The van der Waals surface area contributed by atoms with Crippen LogP contribution in [0.3, 0.4) is 0 Å². The molecule has 10 heteroatoms. The van der Waals surface area contributed by atoms with E-state index in [4.69, 9.17) is 5.11 Å². The normalized spacial score (nSPS) is 14.3. The van der Waals surface area contributed by atoms with Crippen molar-refractivity contribution < 1.29 is 49.4 Å². The summed E-state index contributed by atoms with van der Waals surface area (Å²) in [6, 6.07) is 3.69. The summed E-state index contributed by atoms with van der Waals surface area (Å²) in [5.41, 5.74) is -2.41. The zero-order chi connectivity index (χ0) is 21.3.